The molecule has 0 aliphatic carbocycles. The Balaban J connectivity index is 2.09. The van der Waals surface area contributed by atoms with Gasteiger partial charge in [-0.15, -0.1) is 0 Å². The van der Waals surface area contributed by atoms with E-state index in [1.165, 1.54) is 6.20 Å². The van der Waals surface area contributed by atoms with Crippen LogP contribution in [0.4, 0.5) is 11.5 Å². The van der Waals surface area contributed by atoms with Crippen LogP contribution in [0, 0.1) is 17.0 Å². The number of hydrogen-bond donors (Lipinski definition) is 1. The Labute approximate surface area is 123 Å². The first kappa shape index (κ1) is 15.2. The van der Waals surface area contributed by atoms with E-state index in [9.17, 15) is 14.9 Å². The molecule has 2 rings (SSSR count). The molecule has 0 saturated carbocycles. The number of piperidine rings is 1. The van der Waals surface area contributed by atoms with Crippen LogP contribution in [-0.2, 0) is 4.79 Å². The number of amides is 1. The molecule has 1 aromatic rings. The highest BCUT2D eigenvalue weighted by molar-refractivity contribution is 5.75. The van der Waals surface area contributed by atoms with Crippen LogP contribution in [0.1, 0.15) is 31.7 Å². The Morgan fingerprint density at radius 3 is 3.00 bits per heavy atom. The van der Waals surface area contributed by atoms with E-state index in [1.807, 2.05) is 6.92 Å². The predicted octanol–water partition coefficient (Wildman–Crippen LogP) is 1.79. The summed E-state index contributed by atoms with van der Waals surface area (Å²) < 4.78 is 0. The number of nitrogens with one attached hydrogen (secondary N) is 1. The van der Waals surface area contributed by atoms with Crippen molar-refractivity contribution in [2.24, 2.45) is 0 Å². The first-order chi connectivity index (χ1) is 10.0. The summed E-state index contributed by atoms with van der Waals surface area (Å²) in [6.45, 7) is 5.08. The van der Waals surface area contributed by atoms with E-state index in [0.717, 1.165) is 25.2 Å². The number of nitro groups is 1. The molecule has 7 heteroatoms. The average Bonchev–Trinajstić information content (AvgIpc) is 2.47. The second-order valence-corrected chi connectivity index (χ2v) is 5.29. The molecule has 1 saturated heterocycles. The number of carbonyl (C=O) groups is 1. The third-order valence-electron chi connectivity index (χ3n) is 3.70. The maximum atomic E-state index is 11.5. The second kappa shape index (κ2) is 6.51. The van der Waals surface area contributed by atoms with Gasteiger partial charge in [0.25, 0.3) is 5.69 Å². The van der Waals surface area contributed by atoms with Crippen LogP contribution in [-0.4, -0.2) is 34.9 Å². The van der Waals surface area contributed by atoms with E-state index in [0.29, 0.717) is 18.5 Å². The van der Waals surface area contributed by atoms with Crippen LogP contribution in [0.5, 0.6) is 0 Å². The summed E-state index contributed by atoms with van der Waals surface area (Å²) in [4.78, 5) is 28.1. The molecule has 7 nitrogen and oxygen atoms in total. The standard InChI is InChI=1S/C14H20N4O3/c1-3-14(19)16-11-5-4-6-17(9-11)13-7-10(2)12(8-15-13)18(20)21/h7-8,11H,3-6,9H2,1-2H3,(H,16,19). The van der Waals surface area contributed by atoms with Crippen molar-refractivity contribution in [2.45, 2.75) is 39.2 Å². The predicted molar refractivity (Wildman–Crippen MR) is 79.3 cm³/mol. The number of hydrogen-bond acceptors (Lipinski definition) is 5. The van der Waals surface area contributed by atoms with E-state index < -0.39 is 4.92 Å². The molecule has 0 aromatic carbocycles. The number of aryl methyl sites for hydroxylation is 1. The van der Waals surface area contributed by atoms with Crippen LogP contribution in [0.25, 0.3) is 0 Å². The number of aromatic nitrogens is 1. The summed E-state index contributed by atoms with van der Waals surface area (Å²) in [5.74, 6) is 0.781. The highest BCUT2D eigenvalue weighted by Crippen LogP contribution is 2.23. The largest absolute Gasteiger partial charge is 0.355 e. The molecule has 1 N–H and O–H groups in total. The SMILES string of the molecule is CCC(=O)NC1CCCN(c2cc(C)c([N+](=O)[O-])cn2)C1. The Bertz CT molecular complexity index is 547. The zero-order chi connectivity index (χ0) is 15.4. The maximum Gasteiger partial charge on any atom is 0.290 e. The maximum absolute atomic E-state index is 11.5. The van der Waals surface area contributed by atoms with E-state index in [-0.39, 0.29) is 17.6 Å². The van der Waals surface area contributed by atoms with Crippen LogP contribution >= 0.6 is 0 Å². The molecular weight excluding hydrogens is 272 g/mol. The number of carbonyl (C=O) groups excluding carboxylic acids is 1. The van der Waals surface area contributed by atoms with Gasteiger partial charge in [-0.25, -0.2) is 4.98 Å². The number of nitrogens with zero attached hydrogens (tertiary/aromatic N) is 3. The normalized spacial score (nSPS) is 18.4. The summed E-state index contributed by atoms with van der Waals surface area (Å²) in [6, 6.07) is 1.85. The summed E-state index contributed by atoms with van der Waals surface area (Å²) in [5, 5.41) is 13.8. The first-order valence-corrected chi connectivity index (χ1v) is 7.16. The highest BCUT2D eigenvalue weighted by Gasteiger charge is 2.23. The molecule has 0 bridgehead atoms. The summed E-state index contributed by atoms with van der Waals surface area (Å²) >= 11 is 0. The fraction of sp³-hybridized carbons (Fsp3) is 0.571. The smallest absolute Gasteiger partial charge is 0.290 e. The van der Waals surface area contributed by atoms with Crippen molar-refractivity contribution >= 4 is 17.4 Å². The topological polar surface area (TPSA) is 88.4 Å². The van der Waals surface area contributed by atoms with E-state index in [1.54, 1.807) is 13.0 Å². The molecule has 0 spiro atoms. The van der Waals surface area contributed by atoms with Gasteiger partial charge in [0, 0.05) is 31.1 Å². The molecule has 1 amide bonds. The molecule has 1 unspecified atom stereocenters. The van der Waals surface area contributed by atoms with Gasteiger partial charge in [0.15, 0.2) is 0 Å². The van der Waals surface area contributed by atoms with Crippen LogP contribution in [0.3, 0.4) is 0 Å². The Kier molecular flexibility index (Phi) is 4.72. The monoisotopic (exact) mass is 292 g/mol. The minimum absolute atomic E-state index is 0.0339. The average molecular weight is 292 g/mol. The Hall–Kier alpha value is -2.18. The van der Waals surface area contributed by atoms with Crippen LogP contribution < -0.4 is 10.2 Å². The van der Waals surface area contributed by atoms with Crippen molar-refractivity contribution < 1.29 is 9.72 Å². The molecule has 1 fully saturated rings. The molecule has 21 heavy (non-hydrogen) atoms. The third-order valence-corrected chi connectivity index (χ3v) is 3.70. The Morgan fingerprint density at radius 1 is 1.62 bits per heavy atom. The molecule has 2 heterocycles. The van der Waals surface area contributed by atoms with Gasteiger partial charge in [-0.3, -0.25) is 14.9 Å². The Morgan fingerprint density at radius 2 is 2.38 bits per heavy atom. The van der Waals surface area contributed by atoms with Gasteiger partial charge in [-0.1, -0.05) is 6.92 Å². The van der Waals surface area contributed by atoms with Gasteiger partial charge in [0.2, 0.25) is 5.91 Å². The minimum Gasteiger partial charge on any atom is -0.355 e. The zero-order valence-electron chi connectivity index (χ0n) is 12.3. The van der Waals surface area contributed by atoms with Crippen molar-refractivity contribution in [2.75, 3.05) is 18.0 Å². The molecule has 1 atom stereocenters. The van der Waals surface area contributed by atoms with Gasteiger partial charge >= 0.3 is 0 Å². The fourth-order valence-electron chi connectivity index (χ4n) is 2.53. The summed E-state index contributed by atoms with van der Waals surface area (Å²) in [6.07, 6.45) is 3.70. The fourth-order valence-corrected chi connectivity index (χ4v) is 2.53. The molecular formula is C14H20N4O3. The summed E-state index contributed by atoms with van der Waals surface area (Å²) in [5.41, 5.74) is 0.635. The van der Waals surface area contributed by atoms with E-state index in [2.05, 4.69) is 15.2 Å². The molecule has 1 aromatic heterocycles. The second-order valence-electron chi connectivity index (χ2n) is 5.29. The van der Waals surface area contributed by atoms with Crippen LogP contribution in [0.2, 0.25) is 0 Å². The third kappa shape index (κ3) is 3.68. The number of anilines is 1. The lowest BCUT2D eigenvalue weighted by atomic mass is 10.1. The van der Waals surface area contributed by atoms with Crippen molar-refractivity contribution in [1.29, 1.82) is 0 Å². The lowest BCUT2D eigenvalue weighted by Crippen LogP contribution is -2.47. The van der Waals surface area contributed by atoms with Crippen molar-refractivity contribution in [1.82, 2.24) is 10.3 Å². The number of pyridine rings is 1. The summed E-state index contributed by atoms with van der Waals surface area (Å²) in [7, 11) is 0. The lowest BCUT2D eigenvalue weighted by molar-refractivity contribution is -0.385. The molecule has 114 valence electrons. The quantitative estimate of drug-likeness (QED) is 0.675. The molecule has 1 aliphatic rings. The van der Waals surface area contributed by atoms with Gasteiger partial charge in [0.05, 0.1) is 4.92 Å². The van der Waals surface area contributed by atoms with Crippen LogP contribution in [0.15, 0.2) is 12.3 Å². The van der Waals surface area contributed by atoms with Crippen molar-refractivity contribution in [3.63, 3.8) is 0 Å². The first-order valence-electron chi connectivity index (χ1n) is 7.16. The molecule has 1 aliphatic heterocycles. The van der Waals surface area contributed by atoms with Gasteiger partial charge in [-0.2, -0.15) is 0 Å². The minimum atomic E-state index is -0.424. The van der Waals surface area contributed by atoms with E-state index in [4.69, 9.17) is 0 Å². The van der Waals surface area contributed by atoms with Gasteiger partial charge < -0.3 is 10.2 Å². The van der Waals surface area contributed by atoms with Crippen molar-refractivity contribution in [3.05, 3.63) is 27.9 Å². The number of rotatable bonds is 4. The highest BCUT2D eigenvalue weighted by atomic mass is 16.6. The zero-order valence-corrected chi connectivity index (χ0v) is 12.3. The van der Waals surface area contributed by atoms with E-state index >= 15 is 0 Å². The molecule has 0 radical (unpaired) electrons. The van der Waals surface area contributed by atoms with Crippen molar-refractivity contribution in [3.8, 4) is 0 Å². The van der Waals surface area contributed by atoms with Gasteiger partial charge in [-0.05, 0) is 25.8 Å². The van der Waals surface area contributed by atoms with Gasteiger partial charge in [0.1, 0.15) is 12.0 Å². The lowest BCUT2D eigenvalue weighted by Gasteiger charge is -2.34.